The normalized spacial score (nSPS) is 12.8. The summed E-state index contributed by atoms with van der Waals surface area (Å²) < 4.78 is 37.2. The first-order valence-corrected chi connectivity index (χ1v) is 13.2. The molecule has 168 valence electrons. The van der Waals surface area contributed by atoms with Gasteiger partial charge < -0.3 is 4.74 Å². The third-order valence-electron chi connectivity index (χ3n) is 5.42. The zero-order valence-corrected chi connectivity index (χ0v) is 19.6. The van der Waals surface area contributed by atoms with E-state index in [1.54, 1.807) is 0 Å². The van der Waals surface area contributed by atoms with E-state index in [9.17, 15) is 8.42 Å². The molecule has 0 aliphatic rings. The summed E-state index contributed by atoms with van der Waals surface area (Å²) in [6, 6.07) is 6.27. The summed E-state index contributed by atoms with van der Waals surface area (Å²) in [6.45, 7) is 6.34. The first-order valence-electron chi connectivity index (χ1n) is 11.6. The van der Waals surface area contributed by atoms with E-state index in [2.05, 4.69) is 19.9 Å². The fraction of sp³-hybridized carbons (Fsp3) is 0.750. The second-order valence-corrected chi connectivity index (χ2v) is 9.80. The van der Waals surface area contributed by atoms with Gasteiger partial charge in [0.2, 0.25) is 0 Å². The highest BCUT2D eigenvalue weighted by Crippen LogP contribution is 2.28. The number of ether oxygens (including phenoxy) is 1. The van der Waals surface area contributed by atoms with Gasteiger partial charge in [-0.25, -0.2) is 0 Å². The third kappa shape index (κ3) is 12.3. The van der Waals surface area contributed by atoms with Gasteiger partial charge in [0.05, 0.1) is 11.9 Å². The summed E-state index contributed by atoms with van der Waals surface area (Å²) in [5.74, 6) is 0.617. The molecule has 0 bridgehead atoms. The van der Waals surface area contributed by atoms with Crippen molar-refractivity contribution in [2.75, 3.05) is 5.75 Å². The van der Waals surface area contributed by atoms with Crippen LogP contribution in [0.3, 0.4) is 0 Å². The SMILES string of the molecule is CCCCCCCc1cccc(OC(C)CCS(=O)(=O)O)c1CCCCCCC. The van der Waals surface area contributed by atoms with Gasteiger partial charge in [0, 0.05) is 6.42 Å². The van der Waals surface area contributed by atoms with Crippen molar-refractivity contribution in [3.63, 3.8) is 0 Å². The highest BCUT2D eigenvalue weighted by Gasteiger charge is 2.15. The van der Waals surface area contributed by atoms with Crippen LogP contribution in [-0.2, 0) is 23.0 Å². The molecule has 0 fully saturated rings. The quantitative estimate of drug-likeness (QED) is 0.221. The monoisotopic (exact) mass is 426 g/mol. The molecular weight excluding hydrogens is 384 g/mol. The van der Waals surface area contributed by atoms with Gasteiger partial charge in [-0.3, -0.25) is 4.55 Å². The van der Waals surface area contributed by atoms with Gasteiger partial charge in [-0.15, -0.1) is 0 Å². The fourth-order valence-electron chi connectivity index (χ4n) is 3.65. The van der Waals surface area contributed by atoms with Crippen LogP contribution in [0.25, 0.3) is 0 Å². The van der Waals surface area contributed by atoms with Crippen LogP contribution in [0.2, 0.25) is 0 Å². The first kappa shape index (κ1) is 26.0. The van der Waals surface area contributed by atoms with Crippen molar-refractivity contribution >= 4 is 10.1 Å². The zero-order chi connectivity index (χ0) is 21.5. The van der Waals surface area contributed by atoms with Crippen LogP contribution >= 0.6 is 0 Å². The number of hydrogen-bond acceptors (Lipinski definition) is 3. The van der Waals surface area contributed by atoms with Gasteiger partial charge in [0.25, 0.3) is 10.1 Å². The van der Waals surface area contributed by atoms with Crippen LogP contribution < -0.4 is 4.74 Å². The maximum Gasteiger partial charge on any atom is 0.264 e. The average Bonchev–Trinajstić information content (AvgIpc) is 2.67. The maximum absolute atomic E-state index is 11.0. The van der Waals surface area contributed by atoms with Crippen molar-refractivity contribution in [3.05, 3.63) is 29.3 Å². The lowest BCUT2D eigenvalue weighted by Gasteiger charge is -2.20. The first-order chi connectivity index (χ1) is 13.9. The Morgan fingerprint density at radius 3 is 2.07 bits per heavy atom. The zero-order valence-electron chi connectivity index (χ0n) is 18.8. The molecule has 1 rings (SSSR count). The summed E-state index contributed by atoms with van der Waals surface area (Å²) in [6.07, 6.45) is 14.6. The van der Waals surface area contributed by atoms with Crippen LogP contribution in [0.15, 0.2) is 18.2 Å². The minimum absolute atomic E-state index is 0.254. The molecule has 0 amide bonds. The van der Waals surface area contributed by atoms with Gasteiger partial charge in [0.1, 0.15) is 5.75 Å². The van der Waals surface area contributed by atoms with E-state index in [0.29, 0.717) is 0 Å². The summed E-state index contributed by atoms with van der Waals surface area (Å²) in [7, 11) is -3.95. The summed E-state index contributed by atoms with van der Waals surface area (Å²) in [4.78, 5) is 0. The Balaban J connectivity index is 2.78. The predicted molar refractivity (Wildman–Crippen MR) is 122 cm³/mol. The molecule has 0 aliphatic carbocycles. The molecule has 29 heavy (non-hydrogen) atoms. The van der Waals surface area contributed by atoms with Crippen LogP contribution in [0.4, 0.5) is 0 Å². The molecular formula is C24H42O4S. The van der Waals surface area contributed by atoms with Crippen molar-refractivity contribution in [2.45, 2.75) is 110 Å². The Kier molecular flexibility index (Phi) is 13.3. The minimum atomic E-state index is -3.95. The molecule has 1 aromatic rings. The van der Waals surface area contributed by atoms with Crippen molar-refractivity contribution in [2.24, 2.45) is 0 Å². The molecule has 1 atom stereocenters. The highest BCUT2D eigenvalue weighted by molar-refractivity contribution is 7.85. The van der Waals surface area contributed by atoms with Crippen molar-refractivity contribution in [1.29, 1.82) is 0 Å². The van der Waals surface area contributed by atoms with Crippen molar-refractivity contribution < 1.29 is 17.7 Å². The Morgan fingerprint density at radius 1 is 0.897 bits per heavy atom. The van der Waals surface area contributed by atoms with Gasteiger partial charge in [0.15, 0.2) is 0 Å². The van der Waals surface area contributed by atoms with E-state index in [4.69, 9.17) is 9.29 Å². The molecule has 0 saturated heterocycles. The molecule has 0 aliphatic heterocycles. The molecule has 0 radical (unpaired) electrons. The Labute approximate surface area is 179 Å². The van der Waals surface area contributed by atoms with E-state index in [-0.39, 0.29) is 18.3 Å². The molecule has 1 N–H and O–H groups in total. The van der Waals surface area contributed by atoms with Gasteiger partial charge >= 0.3 is 0 Å². The number of unbranched alkanes of at least 4 members (excludes halogenated alkanes) is 8. The third-order valence-corrected chi connectivity index (χ3v) is 6.17. The van der Waals surface area contributed by atoms with E-state index < -0.39 is 10.1 Å². The maximum atomic E-state index is 11.0. The lowest BCUT2D eigenvalue weighted by molar-refractivity contribution is 0.214. The van der Waals surface area contributed by atoms with Crippen LogP contribution in [0.1, 0.15) is 103 Å². The fourth-order valence-corrected chi connectivity index (χ4v) is 4.28. The van der Waals surface area contributed by atoms with E-state index in [1.807, 2.05) is 19.1 Å². The molecule has 0 aromatic heterocycles. The number of hydrogen-bond donors (Lipinski definition) is 1. The second kappa shape index (κ2) is 14.8. The number of rotatable bonds is 17. The van der Waals surface area contributed by atoms with Gasteiger partial charge in [-0.2, -0.15) is 8.42 Å². The Morgan fingerprint density at radius 2 is 1.48 bits per heavy atom. The highest BCUT2D eigenvalue weighted by atomic mass is 32.2. The molecule has 0 saturated carbocycles. The molecule has 0 heterocycles. The van der Waals surface area contributed by atoms with Crippen molar-refractivity contribution in [3.8, 4) is 5.75 Å². The topological polar surface area (TPSA) is 63.6 Å². The molecule has 1 unspecified atom stereocenters. The Hall–Kier alpha value is -1.07. The Bertz CT molecular complexity index is 655. The molecule has 4 nitrogen and oxygen atoms in total. The predicted octanol–water partition coefficient (Wildman–Crippen LogP) is 6.76. The van der Waals surface area contributed by atoms with E-state index in [0.717, 1.165) is 25.0 Å². The molecule has 0 spiro atoms. The minimum Gasteiger partial charge on any atom is -0.490 e. The van der Waals surface area contributed by atoms with E-state index in [1.165, 1.54) is 68.9 Å². The summed E-state index contributed by atoms with van der Waals surface area (Å²) in [5, 5.41) is 0. The van der Waals surface area contributed by atoms with Crippen LogP contribution in [0.5, 0.6) is 5.75 Å². The number of aryl methyl sites for hydroxylation is 1. The standard InChI is InChI=1S/C24H42O4S/c1-4-6-8-10-12-15-22-16-14-18-24(23(22)17-13-11-9-7-5-2)28-21(3)19-20-29(25,26)27/h14,16,18,21H,4-13,15,17,19-20H2,1-3H3,(H,25,26,27). The van der Waals surface area contributed by atoms with Gasteiger partial charge in [-0.1, -0.05) is 77.3 Å². The van der Waals surface area contributed by atoms with Crippen LogP contribution in [0, 0.1) is 0 Å². The van der Waals surface area contributed by atoms with E-state index >= 15 is 0 Å². The lowest BCUT2D eigenvalue weighted by atomic mass is 9.95. The largest absolute Gasteiger partial charge is 0.490 e. The second-order valence-electron chi connectivity index (χ2n) is 8.23. The summed E-state index contributed by atoms with van der Waals surface area (Å²) in [5.41, 5.74) is 2.66. The molecule has 1 aromatic carbocycles. The van der Waals surface area contributed by atoms with Crippen LogP contribution in [-0.4, -0.2) is 24.8 Å². The van der Waals surface area contributed by atoms with Gasteiger partial charge in [-0.05, 0) is 49.8 Å². The molecule has 5 heteroatoms. The average molecular weight is 427 g/mol. The lowest BCUT2D eigenvalue weighted by Crippen LogP contribution is -2.18. The smallest absolute Gasteiger partial charge is 0.264 e. The summed E-state index contributed by atoms with van der Waals surface area (Å²) >= 11 is 0. The van der Waals surface area contributed by atoms with Crippen molar-refractivity contribution in [1.82, 2.24) is 0 Å². The number of benzene rings is 1.